The molecule has 2 N–H and O–H groups in total. The number of nitrogens with one attached hydrogen (secondary N) is 2. The van der Waals surface area contributed by atoms with E-state index in [0.717, 1.165) is 10.7 Å². The number of thioether (sulfide) groups is 1. The van der Waals surface area contributed by atoms with Gasteiger partial charge in [-0.15, -0.1) is 0 Å². The predicted octanol–water partition coefficient (Wildman–Crippen LogP) is 1.76. The molecule has 1 aromatic carbocycles. The van der Waals surface area contributed by atoms with Gasteiger partial charge in [-0.1, -0.05) is 11.8 Å². The van der Waals surface area contributed by atoms with Crippen LogP contribution in [-0.4, -0.2) is 40.8 Å². The summed E-state index contributed by atoms with van der Waals surface area (Å²) in [4.78, 5) is 28.7. The van der Waals surface area contributed by atoms with Gasteiger partial charge in [-0.25, -0.2) is 4.98 Å². The molecule has 1 aliphatic rings. The summed E-state index contributed by atoms with van der Waals surface area (Å²) in [6.45, 7) is 0.508. The number of amides is 2. The molecule has 2 heterocycles. The van der Waals surface area contributed by atoms with Crippen LogP contribution in [0.5, 0.6) is 5.75 Å². The Morgan fingerprint density at radius 2 is 2.36 bits per heavy atom. The molecule has 25 heavy (non-hydrogen) atoms. The fourth-order valence-corrected chi connectivity index (χ4v) is 3.52. The molecule has 1 aromatic heterocycles. The number of aryl methyl sites for hydroxylation is 1. The molecule has 0 spiro atoms. The second-order valence-corrected chi connectivity index (χ2v) is 6.78. The van der Waals surface area contributed by atoms with Crippen molar-refractivity contribution in [3.63, 3.8) is 0 Å². The number of anilines is 1. The molecule has 132 valence electrons. The lowest BCUT2D eigenvalue weighted by molar-refractivity contribution is -0.126. The topological polar surface area (TPSA) is 85.2 Å². The fraction of sp³-hybridized carbons (Fsp3) is 0.353. The van der Waals surface area contributed by atoms with Crippen molar-refractivity contribution in [1.82, 2.24) is 14.9 Å². The monoisotopic (exact) mass is 360 g/mol. The van der Waals surface area contributed by atoms with Crippen LogP contribution >= 0.6 is 11.8 Å². The minimum absolute atomic E-state index is 0.137. The maximum atomic E-state index is 12.6. The van der Waals surface area contributed by atoms with E-state index in [1.165, 1.54) is 0 Å². The Morgan fingerprint density at radius 1 is 1.52 bits per heavy atom. The molecule has 1 unspecified atom stereocenters. The zero-order valence-corrected chi connectivity index (χ0v) is 14.9. The number of hydrogen-bond acceptors (Lipinski definition) is 5. The summed E-state index contributed by atoms with van der Waals surface area (Å²) in [6, 6.07) is 5.34. The van der Waals surface area contributed by atoms with Gasteiger partial charge in [0.1, 0.15) is 5.75 Å². The van der Waals surface area contributed by atoms with E-state index in [-0.39, 0.29) is 18.2 Å². The largest absolute Gasteiger partial charge is 0.497 e. The maximum absolute atomic E-state index is 12.6. The number of imidazole rings is 1. The van der Waals surface area contributed by atoms with E-state index in [9.17, 15) is 9.59 Å². The van der Waals surface area contributed by atoms with Gasteiger partial charge in [-0.3, -0.25) is 9.59 Å². The molecular formula is C17H20N4O3S. The molecule has 0 radical (unpaired) electrons. The van der Waals surface area contributed by atoms with Crippen molar-refractivity contribution in [3.8, 4) is 5.75 Å². The van der Waals surface area contributed by atoms with Gasteiger partial charge in [0.05, 0.1) is 13.0 Å². The van der Waals surface area contributed by atoms with Crippen molar-refractivity contribution in [2.24, 2.45) is 7.05 Å². The average Bonchev–Trinajstić information content (AvgIpc) is 3.02. The molecule has 0 fully saturated rings. The number of methoxy groups -OCH3 is 1. The Bertz CT molecular complexity index is 790. The van der Waals surface area contributed by atoms with Crippen LogP contribution in [0.4, 0.5) is 5.69 Å². The second kappa shape index (κ2) is 7.60. The predicted molar refractivity (Wildman–Crippen MR) is 95.9 cm³/mol. The Hall–Kier alpha value is -2.48. The molecule has 0 saturated carbocycles. The Kier molecular flexibility index (Phi) is 5.28. The van der Waals surface area contributed by atoms with E-state index in [1.807, 2.05) is 23.9 Å². The summed E-state index contributed by atoms with van der Waals surface area (Å²) in [6.07, 6.45) is 3.76. The van der Waals surface area contributed by atoms with E-state index >= 15 is 0 Å². The number of benzene rings is 1. The highest BCUT2D eigenvalue weighted by Gasteiger charge is 2.30. The minimum atomic E-state index is -0.503. The lowest BCUT2D eigenvalue weighted by atomic mass is 9.89. The quantitative estimate of drug-likeness (QED) is 0.606. The number of fused-ring (bicyclic) bond motifs is 1. The normalized spacial score (nSPS) is 16.1. The van der Waals surface area contributed by atoms with E-state index < -0.39 is 5.92 Å². The zero-order chi connectivity index (χ0) is 17.8. The van der Waals surface area contributed by atoms with E-state index in [4.69, 9.17) is 4.74 Å². The summed E-state index contributed by atoms with van der Waals surface area (Å²) >= 11 is 1.57. The van der Waals surface area contributed by atoms with Crippen LogP contribution in [0.2, 0.25) is 0 Å². The van der Waals surface area contributed by atoms with Gasteiger partial charge in [0.25, 0.3) is 0 Å². The third-order valence-electron chi connectivity index (χ3n) is 4.02. The number of rotatable bonds is 6. The van der Waals surface area contributed by atoms with Gasteiger partial charge in [0, 0.05) is 43.8 Å². The first-order valence-corrected chi connectivity index (χ1v) is 8.92. The molecule has 1 aliphatic heterocycles. The Balaban J connectivity index is 1.62. The lowest BCUT2D eigenvalue weighted by Gasteiger charge is -2.25. The highest BCUT2D eigenvalue weighted by molar-refractivity contribution is 7.99. The van der Waals surface area contributed by atoms with Gasteiger partial charge >= 0.3 is 0 Å². The Morgan fingerprint density at radius 3 is 3.08 bits per heavy atom. The van der Waals surface area contributed by atoms with Crippen LogP contribution in [0.3, 0.4) is 0 Å². The van der Waals surface area contributed by atoms with Crippen molar-refractivity contribution in [3.05, 3.63) is 36.2 Å². The van der Waals surface area contributed by atoms with Gasteiger partial charge in [-0.2, -0.15) is 0 Å². The van der Waals surface area contributed by atoms with Gasteiger partial charge in [0.2, 0.25) is 11.8 Å². The number of aromatic nitrogens is 2. The van der Waals surface area contributed by atoms with Crippen LogP contribution in [0.15, 0.2) is 35.7 Å². The average molecular weight is 360 g/mol. The smallest absolute Gasteiger partial charge is 0.228 e. The molecule has 2 aromatic rings. The molecule has 3 rings (SSSR count). The van der Waals surface area contributed by atoms with E-state index in [0.29, 0.717) is 23.7 Å². The van der Waals surface area contributed by atoms with Crippen LogP contribution in [-0.2, 0) is 16.6 Å². The number of ether oxygens (including phenoxy) is 1. The van der Waals surface area contributed by atoms with Crippen LogP contribution in [0.1, 0.15) is 17.9 Å². The fourth-order valence-electron chi connectivity index (χ4n) is 2.73. The third-order valence-corrected chi connectivity index (χ3v) is 5.08. The van der Waals surface area contributed by atoms with Gasteiger partial charge in [0.15, 0.2) is 5.16 Å². The molecule has 1 atom stereocenters. The molecule has 0 bridgehead atoms. The number of nitrogens with zero attached hydrogens (tertiary/aromatic N) is 2. The van der Waals surface area contributed by atoms with Crippen LogP contribution < -0.4 is 15.4 Å². The van der Waals surface area contributed by atoms with E-state index in [1.54, 1.807) is 37.2 Å². The van der Waals surface area contributed by atoms with Crippen molar-refractivity contribution in [2.45, 2.75) is 17.5 Å². The van der Waals surface area contributed by atoms with E-state index in [2.05, 4.69) is 15.6 Å². The minimum Gasteiger partial charge on any atom is -0.497 e. The molecule has 2 amide bonds. The standard InChI is InChI=1S/C17H20N4O3S/c1-21-7-5-19-17(21)25-8-6-18-16(23)13-10-15(22)20-14-4-3-11(24-2)9-12(13)14/h3-5,7,9,13H,6,8,10H2,1-2H3,(H,18,23)(H,20,22). The number of carbonyl (C=O) groups excluding carboxylic acids is 2. The summed E-state index contributed by atoms with van der Waals surface area (Å²) < 4.78 is 7.16. The van der Waals surface area contributed by atoms with Gasteiger partial charge < -0.3 is 19.9 Å². The summed E-state index contributed by atoms with van der Waals surface area (Å²) in [5, 5.41) is 6.62. The molecule has 7 nitrogen and oxygen atoms in total. The third kappa shape index (κ3) is 3.96. The summed E-state index contributed by atoms with van der Waals surface area (Å²) in [7, 11) is 3.51. The highest BCUT2D eigenvalue weighted by atomic mass is 32.2. The summed E-state index contributed by atoms with van der Waals surface area (Å²) in [5.74, 6) is 0.570. The first-order chi connectivity index (χ1) is 12.1. The maximum Gasteiger partial charge on any atom is 0.228 e. The van der Waals surface area contributed by atoms with Crippen LogP contribution in [0, 0.1) is 0 Å². The second-order valence-electron chi connectivity index (χ2n) is 5.72. The molecular weight excluding hydrogens is 340 g/mol. The van der Waals surface area contributed by atoms with Crippen molar-refractivity contribution in [1.29, 1.82) is 0 Å². The van der Waals surface area contributed by atoms with Crippen molar-refractivity contribution >= 4 is 29.3 Å². The molecule has 8 heteroatoms. The molecule has 0 saturated heterocycles. The highest BCUT2D eigenvalue weighted by Crippen LogP contribution is 2.35. The SMILES string of the molecule is COc1ccc2c(c1)C(C(=O)NCCSc1nccn1C)CC(=O)N2. The zero-order valence-electron chi connectivity index (χ0n) is 14.1. The van der Waals surface area contributed by atoms with Crippen molar-refractivity contribution in [2.75, 3.05) is 24.7 Å². The number of hydrogen-bond donors (Lipinski definition) is 2. The van der Waals surface area contributed by atoms with Gasteiger partial charge in [-0.05, 0) is 23.8 Å². The first-order valence-electron chi connectivity index (χ1n) is 7.94. The summed E-state index contributed by atoms with van der Waals surface area (Å²) in [5.41, 5.74) is 1.45. The first kappa shape index (κ1) is 17.3. The molecule has 0 aliphatic carbocycles. The van der Waals surface area contributed by atoms with Crippen molar-refractivity contribution < 1.29 is 14.3 Å². The number of carbonyl (C=O) groups is 2. The lowest BCUT2D eigenvalue weighted by Crippen LogP contribution is -2.36. The Labute approximate surface area is 150 Å². The van der Waals surface area contributed by atoms with Crippen LogP contribution in [0.25, 0.3) is 0 Å².